The predicted octanol–water partition coefficient (Wildman–Crippen LogP) is 2.25. The van der Waals surface area contributed by atoms with Gasteiger partial charge in [0.2, 0.25) is 0 Å². The van der Waals surface area contributed by atoms with Crippen LogP contribution in [0.4, 0.5) is 0 Å². The molecule has 0 aliphatic carbocycles. The third-order valence-corrected chi connectivity index (χ3v) is 4.40. The predicted molar refractivity (Wildman–Crippen MR) is 78.7 cm³/mol. The van der Waals surface area contributed by atoms with E-state index in [9.17, 15) is 9.59 Å². The molecule has 0 atom stereocenters. The van der Waals surface area contributed by atoms with E-state index in [4.69, 9.17) is 4.74 Å². The summed E-state index contributed by atoms with van der Waals surface area (Å²) in [5.74, 6) is -0.194. The fraction of sp³-hybridized carbons (Fsp3) is 0.467. The lowest BCUT2D eigenvalue weighted by molar-refractivity contribution is -0.149. The van der Waals surface area contributed by atoms with E-state index < -0.39 is 0 Å². The van der Waals surface area contributed by atoms with Crippen LogP contribution in [0.2, 0.25) is 0 Å². The highest BCUT2D eigenvalue weighted by molar-refractivity contribution is 8.00. The average molecular weight is 293 g/mol. The van der Waals surface area contributed by atoms with Crippen LogP contribution in [-0.4, -0.2) is 42.2 Å². The zero-order valence-electron chi connectivity index (χ0n) is 11.6. The molecule has 5 heteroatoms. The molecule has 0 saturated carbocycles. The molecule has 108 valence electrons. The van der Waals surface area contributed by atoms with Gasteiger partial charge in [-0.25, -0.2) is 0 Å². The van der Waals surface area contributed by atoms with E-state index in [2.05, 4.69) is 0 Å². The normalized spacial score (nSPS) is 14.3. The average Bonchev–Trinajstić information content (AvgIpc) is 2.98. The SMILES string of the molecule is Cc1ccccc1SCC(=O)OCC(=O)N1CCCC1. The molecule has 1 aliphatic rings. The number of carbonyl (C=O) groups excluding carboxylic acids is 2. The Balaban J connectivity index is 1.70. The Hall–Kier alpha value is -1.49. The van der Waals surface area contributed by atoms with Gasteiger partial charge in [-0.1, -0.05) is 18.2 Å². The van der Waals surface area contributed by atoms with Crippen molar-refractivity contribution in [2.24, 2.45) is 0 Å². The fourth-order valence-electron chi connectivity index (χ4n) is 2.10. The van der Waals surface area contributed by atoms with Crippen LogP contribution in [0, 0.1) is 6.92 Å². The monoisotopic (exact) mass is 293 g/mol. The second-order valence-corrected chi connectivity index (χ2v) is 5.82. The van der Waals surface area contributed by atoms with E-state index >= 15 is 0 Å². The van der Waals surface area contributed by atoms with Crippen molar-refractivity contribution in [3.05, 3.63) is 29.8 Å². The summed E-state index contributed by atoms with van der Waals surface area (Å²) in [6.07, 6.45) is 2.09. The van der Waals surface area contributed by atoms with Crippen LogP contribution < -0.4 is 0 Å². The Morgan fingerprint density at radius 2 is 1.95 bits per heavy atom. The van der Waals surface area contributed by atoms with Gasteiger partial charge in [-0.05, 0) is 31.4 Å². The van der Waals surface area contributed by atoms with Gasteiger partial charge in [0.15, 0.2) is 6.61 Å². The van der Waals surface area contributed by atoms with Gasteiger partial charge in [0.25, 0.3) is 5.91 Å². The van der Waals surface area contributed by atoms with Crippen LogP contribution in [0.1, 0.15) is 18.4 Å². The Morgan fingerprint density at radius 3 is 2.65 bits per heavy atom. The highest BCUT2D eigenvalue weighted by Crippen LogP contribution is 2.21. The summed E-state index contributed by atoms with van der Waals surface area (Å²) in [7, 11) is 0. The maximum atomic E-state index is 11.7. The minimum atomic E-state index is -0.342. The molecule has 1 fully saturated rings. The summed E-state index contributed by atoms with van der Waals surface area (Å²) in [6.45, 7) is 3.44. The number of esters is 1. The number of benzene rings is 1. The minimum absolute atomic E-state index is 0.0864. The van der Waals surface area contributed by atoms with Gasteiger partial charge in [-0.15, -0.1) is 11.8 Å². The van der Waals surface area contributed by atoms with Gasteiger partial charge in [0, 0.05) is 18.0 Å². The zero-order chi connectivity index (χ0) is 14.4. The van der Waals surface area contributed by atoms with Crippen molar-refractivity contribution in [2.75, 3.05) is 25.4 Å². The van der Waals surface area contributed by atoms with E-state index in [-0.39, 0.29) is 24.2 Å². The summed E-state index contributed by atoms with van der Waals surface area (Å²) in [5, 5.41) is 0. The van der Waals surface area contributed by atoms with Crippen molar-refractivity contribution in [3.63, 3.8) is 0 Å². The van der Waals surface area contributed by atoms with Gasteiger partial charge in [-0.3, -0.25) is 9.59 Å². The van der Waals surface area contributed by atoms with Crippen molar-refractivity contribution in [2.45, 2.75) is 24.7 Å². The van der Waals surface area contributed by atoms with Gasteiger partial charge < -0.3 is 9.64 Å². The van der Waals surface area contributed by atoms with Crippen molar-refractivity contribution in [3.8, 4) is 0 Å². The lowest BCUT2D eigenvalue weighted by Crippen LogP contribution is -2.32. The standard InChI is InChI=1S/C15H19NO3S/c1-12-6-2-3-7-13(12)20-11-15(18)19-10-14(17)16-8-4-5-9-16/h2-3,6-7H,4-5,8-11H2,1H3. The van der Waals surface area contributed by atoms with E-state index in [1.54, 1.807) is 4.90 Å². The molecule has 0 bridgehead atoms. The molecule has 1 saturated heterocycles. The summed E-state index contributed by atoms with van der Waals surface area (Å²) in [4.78, 5) is 26.2. The van der Waals surface area contributed by atoms with Gasteiger partial charge in [0.05, 0.1) is 5.75 Å². The zero-order valence-corrected chi connectivity index (χ0v) is 12.4. The summed E-state index contributed by atoms with van der Waals surface area (Å²) in [6, 6.07) is 7.89. The number of ether oxygens (including phenoxy) is 1. The number of nitrogens with zero attached hydrogens (tertiary/aromatic N) is 1. The van der Waals surface area contributed by atoms with Gasteiger partial charge in [-0.2, -0.15) is 0 Å². The molecule has 1 aliphatic heterocycles. The largest absolute Gasteiger partial charge is 0.455 e. The molecule has 0 spiro atoms. The number of carbonyl (C=O) groups is 2. The number of rotatable bonds is 5. The smallest absolute Gasteiger partial charge is 0.316 e. The third kappa shape index (κ3) is 4.27. The Bertz CT molecular complexity index is 484. The van der Waals surface area contributed by atoms with Crippen molar-refractivity contribution >= 4 is 23.6 Å². The highest BCUT2D eigenvalue weighted by atomic mass is 32.2. The summed E-state index contributed by atoms with van der Waals surface area (Å²) < 4.78 is 5.03. The first-order valence-corrected chi connectivity index (χ1v) is 7.77. The molecular formula is C15H19NO3S. The maximum absolute atomic E-state index is 11.7. The molecule has 0 unspecified atom stereocenters. The molecule has 1 amide bonds. The molecule has 0 N–H and O–H groups in total. The Labute approximate surface area is 123 Å². The molecule has 2 rings (SSSR count). The summed E-state index contributed by atoms with van der Waals surface area (Å²) in [5.41, 5.74) is 1.14. The molecular weight excluding hydrogens is 274 g/mol. The third-order valence-electron chi connectivity index (χ3n) is 3.25. The second-order valence-electron chi connectivity index (χ2n) is 4.80. The van der Waals surface area contributed by atoms with Gasteiger partial charge in [0.1, 0.15) is 0 Å². The quantitative estimate of drug-likeness (QED) is 0.617. The fourth-order valence-corrected chi connectivity index (χ4v) is 2.92. The molecule has 20 heavy (non-hydrogen) atoms. The van der Waals surface area contributed by atoms with Crippen LogP contribution in [0.25, 0.3) is 0 Å². The van der Waals surface area contributed by atoms with Crippen LogP contribution in [0.5, 0.6) is 0 Å². The van der Waals surface area contributed by atoms with Crippen molar-refractivity contribution in [1.29, 1.82) is 0 Å². The van der Waals surface area contributed by atoms with Crippen molar-refractivity contribution < 1.29 is 14.3 Å². The molecule has 1 aromatic rings. The van der Waals surface area contributed by atoms with E-state index in [1.807, 2.05) is 31.2 Å². The maximum Gasteiger partial charge on any atom is 0.316 e. The molecule has 1 aromatic carbocycles. The first-order valence-electron chi connectivity index (χ1n) is 6.78. The Morgan fingerprint density at radius 1 is 1.25 bits per heavy atom. The first-order chi connectivity index (χ1) is 9.66. The number of hydrogen-bond donors (Lipinski definition) is 0. The van der Waals surface area contributed by atoms with Gasteiger partial charge >= 0.3 is 5.97 Å². The number of aryl methyl sites for hydroxylation is 1. The number of likely N-dealkylation sites (tertiary alicyclic amines) is 1. The van der Waals surface area contributed by atoms with Crippen LogP contribution in [-0.2, 0) is 14.3 Å². The molecule has 0 aromatic heterocycles. The van der Waals surface area contributed by atoms with E-state index in [1.165, 1.54) is 11.8 Å². The lowest BCUT2D eigenvalue weighted by Gasteiger charge is -2.14. The van der Waals surface area contributed by atoms with Crippen LogP contribution >= 0.6 is 11.8 Å². The van der Waals surface area contributed by atoms with Crippen LogP contribution in [0.15, 0.2) is 29.2 Å². The van der Waals surface area contributed by atoms with E-state index in [0.29, 0.717) is 0 Å². The highest BCUT2D eigenvalue weighted by Gasteiger charge is 2.19. The van der Waals surface area contributed by atoms with Crippen molar-refractivity contribution in [1.82, 2.24) is 4.90 Å². The lowest BCUT2D eigenvalue weighted by atomic mass is 10.2. The molecule has 0 radical (unpaired) electrons. The molecule has 1 heterocycles. The molecule has 4 nitrogen and oxygen atoms in total. The first kappa shape index (κ1) is 14.9. The Kier molecular flexibility index (Phi) is 5.47. The topological polar surface area (TPSA) is 46.6 Å². The minimum Gasteiger partial charge on any atom is -0.455 e. The summed E-state index contributed by atoms with van der Waals surface area (Å²) >= 11 is 1.44. The number of hydrogen-bond acceptors (Lipinski definition) is 4. The second kappa shape index (κ2) is 7.33. The van der Waals surface area contributed by atoms with Crippen LogP contribution in [0.3, 0.4) is 0 Å². The number of thioether (sulfide) groups is 1. The van der Waals surface area contributed by atoms with E-state index in [0.717, 1.165) is 36.4 Å². The number of amides is 1.